The van der Waals surface area contributed by atoms with E-state index < -0.39 is 6.10 Å². The highest BCUT2D eigenvalue weighted by molar-refractivity contribution is 6.30. The van der Waals surface area contributed by atoms with Gasteiger partial charge in [0.2, 0.25) is 0 Å². The first kappa shape index (κ1) is 12.2. The lowest BCUT2D eigenvalue weighted by Crippen LogP contribution is -2.38. The maximum Gasteiger partial charge on any atom is 0.263 e. The number of fused-ring (bicyclic) bond motifs is 1. The Morgan fingerprint density at radius 3 is 3.00 bits per heavy atom. The number of ether oxygens (including phenoxy) is 1. The number of nitrogens with zero attached hydrogens (tertiary/aromatic N) is 1. The van der Waals surface area contributed by atoms with E-state index in [1.54, 1.807) is 13.0 Å². The third kappa shape index (κ3) is 2.55. The number of amides is 1. The highest BCUT2D eigenvalue weighted by atomic mass is 35.5. The number of hydrogen-bond donors (Lipinski definition) is 0. The van der Waals surface area contributed by atoms with Gasteiger partial charge >= 0.3 is 0 Å². The van der Waals surface area contributed by atoms with Crippen LogP contribution >= 0.6 is 11.6 Å². The number of hydrogen-bond acceptors (Lipinski definition) is 2. The predicted molar refractivity (Wildman–Crippen MR) is 67.3 cm³/mol. The second kappa shape index (κ2) is 4.96. The highest BCUT2D eigenvalue weighted by Crippen LogP contribution is 2.28. The van der Waals surface area contributed by atoms with Crippen LogP contribution in [0.5, 0.6) is 5.75 Å². The minimum Gasteiger partial charge on any atom is -0.481 e. The Morgan fingerprint density at radius 1 is 1.53 bits per heavy atom. The van der Waals surface area contributed by atoms with Gasteiger partial charge in [-0.15, -0.1) is 0 Å². The fourth-order valence-electron chi connectivity index (χ4n) is 2.03. The topological polar surface area (TPSA) is 29.5 Å². The summed E-state index contributed by atoms with van der Waals surface area (Å²) in [6, 6.07) is 5.48. The molecular weight excluding hydrogens is 238 g/mol. The van der Waals surface area contributed by atoms with Crippen LogP contribution in [-0.4, -0.2) is 23.5 Å². The molecule has 2 rings (SSSR count). The molecule has 0 unspecified atom stereocenters. The molecule has 0 bridgehead atoms. The van der Waals surface area contributed by atoms with Gasteiger partial charge in [0.1, 0.15) is 5.75 Å². The minimum absolute atomic E-state index is 0.0409. The van der Waals surface area contributed by atoms with Gasteiger partial charge in [0, 0.05) is 23.7 Å². The van der Waals surface area contributed by atoms with Crippen molar-refractivity contribution in [2.75, 3.05) is 6.54 Å². The summed E-state index contributed by atoms with van der Waals surface area (Å²) in [5.74, 6) is 0.799. The fraction of sp³-hybridized carbons (Fsp3) is 0.462. The first-order valence-corrected chi connectivity index (χ1v) is 6.23. The van der Waals surface area contributed by atoms with E-state index in [9.17, 15) is 4.79 Å². The van der Waals surface area contributed by atoms with Gasteiger partial charge in [-0.3, -0.25) is 4.79 Å². The van der Waals surface area contributed by atoms with Crippen molar-refractivity contribution in [3.8, 4) is 5.75 Å². The summed E-state index contributed by atoms with van der Waals surface area (Å²) in [5.41, 5.74) is 0.976. The van der Waals surface area contributed by atoms with Crippen molar-refractivity contribution in [3.63, 3.8) is 0 Å². The Kier molecular flexibility index (Phi) is 3.57. The molecule has 0 saturated heterocycles. The van der Waals surface area contributed by atoms with Gasteiger partial charge in [-0.05, 0) is 31.5 Å². The molecule has 0 spiro atoms. The van der Waals surface area contributed by atoms with Crippen LogP contribution in [-0.2, 0) is 11.3 Å². The highest BCUT2D eigenvalue weighted by Gasteiger charge is 2.27. The monoisotopic (exact) mass is 253 g/mol. The molecule has 1 amide bonds. The molecule has 0 saturated carbocycles. The number of carbonyl (C=O) groups excluding carboxylic acids is 1. The molecule has 0 fully saturated rings. The molecule has 1 aliphatic heterocycles. The smallest absolute Gasteiger partial charge is 0.263 e. The number of carbonyl (C=O) groups is 1. The number of halogens is 1. The van der Waals surface area contributed by atoms with Crippen LogP contribution in [0.2, 0.25) is 5.02 Å². The average Bonchev–Trinajstić information content (AvgIpc) is 2.40. The van der Waals surface area contributed by atoms with Crippen LogP contribution < -0.4 is 4.74 Å². The summed E-state index contributed by atoms with van der Waals surface area (Å²) < 4.78 is 5.65. The van der Waals surface area contributed by atoms with Crippen molar-refractivity contribution < 1.29 is 9.53 Å². The Balaban J connectivity index is 2.34. The van der Waals surface area contributed by atoms with Crippen LogP contribution in [0.15, 0.2) is 18.2 Å². The van der Waals surface area contributed by atoms with Gasteiger partial charge in [0.05, 0.1) is 0 Å². The third-order valence-electron chi connectivity index (χ3n) is 2.84. The Morgan fingerprint density at radius 2 is 2.29 bits per heavy atom. The number of benzene rings is 1. The van der Waals surface area contributed by atoms with Crippen molar-refractivity contribution in [3.05, 3.63) is 28.8 Å². The summed E-state index contributed by atoms with van der Waals surface area (Å²) in [7, 11) is 0. The lowest BCUT2D eigenvalue weighted by molar-refractivity contribution is -0.137. The van der Waals surface area contributed by atoms with Gasteiger partial charge in [0.25, 0.3) is 5.91 Å². The summed E-state index contributed by atoms with van der Waals surface area (Å²) in [6.45, 7) is 5.17. The maximum absolute atomic E-state index is 12.1. The second-order valence-corrected chi connectivity index (χ2v) is 4.71. The molecule has 92 valence electrons. The third-order valence-corrected chi connectivity index (χ3v) is 3.08. The zero-order valence-corrected chi connectivity index (χ0v) is 10.8. The van der Waals surface area contributed by atoms with Crippen LogP contribution in [0.25, 0.3) is 0 Å². The van der Waals surface area contributed by atoms with Crippen molar-refractivity contribution in [1.82, 2.24) is 4.90 Å². The van der Waals surface area contributed by atoms with Crippen molar-refractivity contribution in [2.24, 2.45) is 0 Å². The van der Waals surface area contributed by atoms with Gasteiger partial charge in [-0.25, -0.2) is 0 Å². The van der Waals surface area contributed by atoms with E-state index >= 15 is 0 Å². The molecule has 3 nitrogen and oxygen atoms in total. The molecule has 1 atom stereocenters. The van der Waals surface area contributed by atoms with Gasteiger partial charge in [0.15, 0.2) is 6.10 Å². The molecule has 4 heteroatoms. The van der Waals surface area contributed by atoms with E-state index in [0.29, 0.717) is 11.6 Å². The van der Waals surface area contributed by atoms with E-state index in [-0.39, 0.29) is 5.91 Å². The Hall–Kier alpha value is -1.22. The lowest BCUT2D eigenvalue weighted by atomic mass is 10.2. The molecule has 1 heterocycles. The number of rotatable bonds is 2. The largest absolute Gasteiger partial charge is 0.481 e. The van der Waals surface area contributed by atoms with Crippen LogP contribution in [0.3, 0.4) is 0 Å². The van der Waals surface area contributed by atoms with E-state index in [2.05, 4.69) is 6.92 Å². The second-order valence-electron chi connectivity index (χ2n) is 4.27. The Bertz CT molecular complexity index is 433. The summed E-state index contributed by atoms with van der Waals surface area (Å²) in [5, 5.41) is 0.672. The van der Waals surface area contributed by atoms with E-state index in [1.807, 2.05) is 17.0 Å². The summed E-state index contributed by atoms with van der Waals surface area (Å²) in [6.07, 6.45) is 0.512. The van der Waals surface area contributed by atoms with Crippen molar-refractivity contribution in [2.45, 2.75) is 32.9 Å². The normalized spacial score (nSPS) is 19.6. The first-order valence-electron chi connectivity index (χ1n) is 5.85. The summed E-state index contributed by atoms with van der Waals surface area (Å²) >= 11 is 5.97. The predicted octanol–water partition coefficient (Wildman–Crippen LogP) is 2.86. The van der Waals surface area contributed by atoms with E-state index in [0.717, 1.165) is 24.3 Å². The SMILES string of the molecule is CCCN1Cc2cc(Cl)ccc2O[C@H](C)C1=O. The molecule has 1 aromatic rings. The molecule has 0 aromatic heterocycles. The van der Waals surface area contributed by atoms with Gasteiger partial charge in [-0.1, -0.05) is 18.5 Å². The van der Waals surface area contributed by atoms with Crippen LogP contribution in [0.1, 0.15) is 25.8 Å². The summed E-state index contributed by atoms with van der Waals surface area (Å²) in [4.78, 5) is 13.9. The average molecular weight is 254 g/mol. The van der Waals surface area contributed by atoms with Crippen LogP contribution in [0.4, 0.5) is 0 Å². The fourth-order valence-corrected chi connectivity index (χ4v) is 2.22. The zero-order valence-electron chi connectivity index (χ0n) is 10.1. The molecule has 1 aromatic carbocycles. The lowest BCUT2D eigenvalue weighted by Gasteiger charge is -2.21. The van der Waals surface area contributed by atoms with Crippen molar-refractivity contribution in [1.29, 1.82) is 0 Å². The zero-order chi connectivity index (χ0) is 12.4. The van der Waals surface area contributed by atoms with Crippen LogP contribution in [0, 0.1) is 0 Å². The standard InChI is InChI=1S/C13H16ClNO2/c1-3-6-15-8-10-7-11(14)4-5-12(10)17-9(2)13(15)16/h4-5,7,9H,3,6,8H2,1-2H3/t9-/m1/s1. The van der Waals surface area contributed by atoms with Gasteiger partial charge in [-0.2, -0.15) is 0 Å². The molecular formula is C13H16ClNO2. The molecule has 0 aliphatic carbocycles. The van der Waals surface area contributed by atoms with E-state index in [1.165, 1.54) is 0 Å². The molecule has 1 aliphatic rings. The Labute approximate surface area is 106 Å². The minimum atomic E-state index is -0.427. The van der Waals surface area contributed by atoms with E-state index in [4.69, 9.17) is 16.3 Å². The molecule has 17 heavy (non-hydrogen) atoms. The van der Waals surface area contributed by atoms with Crippen molar-refractivity contribution >= 4 is 17.5 Å². The molecule has 0 N–H and O–H groups in total. The van der Waals surface area contributed by atoms with Gasteiger partial charge < -0.3 is 9.64 Å². The molecule has 0 radical (unpaired) electrons. The maximum atomic E-state index is 12.1. The quantitative estimate of drug-likeness (QED) is 0.811. The first-order chi connectivity index (χ1) is 8.11.